The molecule has 0 aromatic rings. The largest absolute Gasteiger partial charge is 0.462 e. The van der Waals surface area contributed by atoms with Gasteiger partial charge in [0.1, 0.15) is 13.2 Å². The van der Waals surface area contributed by atoms with Crippen LogP contribution in [0, 0.1) is 0 Å². The van der Waals surface area contributed by atoms with E-state index in [1.807, 2.05) is 0 Å². The summed E-state index contributed by atoms with van der Waals surface area (Å²) in [7, 11) is 0. The molecule has 1 unspecified atom stereocenters. The highest BCUT2D eigenvalue weighted by Gasteiger charge is 2.19. The highest BCUT2D eigenvalue weighted by atomic mass is 16.6. The molecular formula is C53H102O6. The molecule has 0 spiro atoms. The van der Waals surface area contributed by atoms with Gasteiger partial charge >= 0.3 is 17.9 Å². The lowest BCUT2D eigenvalue weighted by Crippen LogP contribution is -2.30. The number of carbonyl (C=O) groups excluding carboxylic acids is 3. The van der Waals surface area contributed by atoms with E-state index in [4.69, 9.17) is 14.2 Å². The van der Waals surface area contributed by atoms with Gasteiger partial charge in [0, 0.05) is 19.3 Å². The van der Waals surface area contributed by atoms with Gasteiger partial charge in [-0.1, -0.05) is 265 Å². The number of esters is 3. The van der Waals surface area contributed by atoms with E-state index in [-0.39, 0.29) is 31.1 Å². The molecule has 0 heterocycles. The summed E-state index contributed by atoms with van der Waals surface area (Å²) in [6.45, 7) is 6.67. The zero-order valence-electron chi connectivity index (χ0n) is 40.1. The maximum Gasteiger partial charge on any atom is 0.306 e. The van der Waals surface area contributed by atoms with Crippen molar-refractivity contribution in [3.05, 3.63) is 0 Å². The van der Waals surface area contributed by atoms with E-state index in [1.54, 1.807) is 0 Å². The second kappa shape index (κ2) is 49.1. The molecule has 0 aliphatic heterocycles. The van der Waals surface area contributed by atoms with Crippen molar-refractivity contribution in [3.8, 4) is 0 Å². The monoisotopic (exact) mass is 835 g/mol. The van der Waals surface area contributed by atoms with Gasteiger partial charge in [0.25, 0.3) is 0 Å². The molecule has 6 heteroatoms. The Morgan fingerprint density at radius 3 is 0.678 bits per heavy atom. The van der Waals surface area contributed by atoms with Gasteiger partial charge in [0.05, 0.1) is 0 Å². The van der Waals surface area contributed by atoms with Gasteiger partial charge in [0.15, 0.2) is 6.10 Å². The summed E-state index contributed by atoms with van der Waals surface area (Å²) < 4.78 is 16.8. The van der Waals surface area contributed by atoms with Crippen molar-refractivity contribution in [1.29, 1.82) is 0 Å². The highest BCUT2D eigenvalue weighted by Crippen LogP contribution is 2.17. The Balaban J connectivity index is 4.21. The van der Waals surface area contributed by atoms with E-state index in [9.17, 15) is 14.4 Å². The van der Waals surface area contributed by atoms with E-state index in [2.05, 4.69) is 20.8 Å². The Hall–Kier alpha value is -1.59. The van der Waals surface area contributed by atoms with Crippen molar-refractivity contribution in [2.45, 2.75) is 309 Å². The van der Waals surface area contributed by atoms with E-state index < -0.39 is 6.10 Å². The second-order valence-corrected chi connectivity index (χ2v) is 18.2. The molecule has 0 radical (unpaired) electrons. The zero-order chi connectivity index (χ0) is 43.0. The average Bonchev–Trinajstić information content (AvgIpc) is 3.23. The van der Waals surface area contributed by atoms with Crippen LogP contribution in [0.4, 0.5) is 0 Å². The molecule has 0 aromatic carbocycles. The molecule has 0 saturated carbocycles. The van der Waals surface area contributed by atoms with Gasteiger partial charge in [-0.05, 0) is 19.3 Å². The molecule has 0 aliphatic rings. The molecule has 0 bridgehead atoms. The molecular weight excluding hydrogens is 733 g/mol. The van der Waals surface area contributed by atoms with Crippen LogP contribution in [0.2, 0.25) is 0 Å². The molecule has 0 amide bonds. The summed E-state index contributed by atoms with van der Waals surface area (Å²) in [5, 5.41) is 0. The molecule has 0 aromatic heterocycles. The second-order valence-electron chi connectivity index (χ2n) is 18.2. The fraction of sp³-hybridized carbons (Fsp3) is 0.943. The van der Waals surface area contributed by atoms with E-state index >= 15 is 0 Å². The number of hydrogen-bond acceptors (Lipinski definition) is 6. The smallest absolute Gasteiger partial charge is 0.306 e. The number of unbranched alkanes of at least 4 members (excludes halogenated alkanes) is 38. The minimum Gasteiger partial charge on any atom is -0.462 e. The molecule has 6 nitrogen and oxygen atoms in total. The summed E-state index contributed by atoms with van der Waals surface area (Å²) in [5.41, 5.74) is 0. The molecule has 0 aliphatic carbocycles. The topological polar surface area (TPSA) is 78.9 Å². The first kappa shape index (κ1) is 57.4. The lowest BCUT2D eigenvalue weighted by molar-refractivity contribution is -0.167. The fourth-order valence-electron chi connectivity index (χ4n) is 8.09. The Kier molecular flexibility index (Phi) is 47.7. The lowest BCUT2D eigenvalue weighted by atomic mass is 10.0. The molecule has 0 saturated heterocycles. The van der Waals surface area contributed by atoms with Crippen LogP contribution < -0.4 is 0 Å². The Bertz CT molecular complexity index is 874. The van der Waals surface area contributed by atoms with Crippen molar-refractivity contribution in [2.75, 3.05) is 13.2 Å². The van der Waals surface area contributed by atoms with Crippen molar-refractivity contribution in [2.24, 2.45) is 0 Å². The molecule has 0 N–H and O–H groups in total. The summed E-state index contributed by atoms with van der Waals surface area (Å²) in [5.74, 6) is -0.842. The maximum atomic E-state index is 12.8. The van der Waals surface area contributed by atoms with Crippen molar-refractivity contribution >= 4 is 17.9 Å². The van der Waals surface area contributed by atoms with Crippen LogP contribution in [0.5, 0.6) is 0 Å². The first-order valence-electron chi connectivity index (χ1n) is 26.5. The van der Waals surface area contributed by atoms with Crippen LogP contribution in [0.3, 0.4) is 0 Å². The molecule has 59 heavy (non-hydrogen) atoms. The zero-order valence-corrected chi connectivity index (χ0v) is 40.1. The Morgan fingerprint density at radius 2 is 0.458 bits per heavy atom. The van der Waals surface area contributed by atoms with Crippen molar-refractivity contribution in [3.63, 3.8) is 0 Å². The third-order valence-corrected chi connectivity index (χ3v) is 12.1. The van der Waals surface area contributed by atoms with Crippen molar-refractivity contribution < 1.29 is 28.6 Å². The maximum absolute atomic E-state index is 12.8. The third kappa shape index (κ3) is 47.3. The molecule has 0 fully saturated rings. The first-order valence-corrected chi connectivity index (χ1v) is 26.5. The van der Waals surface area contributed by atoms with Gasteiger partial charge in [-0.3, -0.25) is 14.4 Å². The molecule has 350 valence electrons. The van der Waals surface area contributed by atoms with Gasteiger partial charge in [-0.25, -0.2) is 0 Å². The molecule has 1 atom stereocenters. The van der Waals surface area contributed by atoms with E-state index in [0.717, 1.165) is 57.8 Å². The number of hydrogen-bond donors (Lipinski definition) is 0. The van der Waals surface area contributed by atoms with Crippen LogP contribution in [0.1, 0.15) is 303 Å². The molecule has 0 rings (SSSR count). The normalized spacial score (nSPS) is 11.8. The van der Waals surface area contributed by atoms with Crippen LogP contribution in [-0.4, -0.2) is 37.2 Å². The number of rotatable bonds is 49. The summed E-state index contributed by atoms with van der Waals surface area (Å²) in [4.78, 5) is 37.9. The predicted molar refractivity (Wildman–Crippen MR) is 252 cm³/mol. The quantitative estimate of drug-likeness (QED) is 0.0345. The third-order valence-electron chi connectivity index (χ3n) is 12.1. The van der Waals surface area contributed by atoms with Gasteiger partial charge in [-0.2, -0.15) is 0 Å². The minimum absolute atomic E-state index is 0.0618. The van der Waals surface area contributed by atoms with Crippen LogP contribution in [-0.2, 0) is 28.6 Å². The van der Waals surface area contributed by atoms with Crippen molar-refractivity contribution in [1.82, 2.24) is 0 Å². The van der Waals surface area contributed by atoms with Crippen LogP contribution >= 0.6 is 0 Å². The van der Waals surface area contributed by atoms with Gasteiger partial charge in [0.2, 0.25) is 0 Å². The van der Waals surface area contributed by atoms with E-state index in [0.29, 0.717) is 19.3 Å². The SMILES string of the molecule is CCCCCCCCCCCCCCCCCCCCCC(=O)OCC(COC(=O)CCCCCCCCCCCC)OC(=O)CCCCCCCCCCCCCC. The number of carbonyl (C=O) groups is 3. The average molecular weight is 835 g/mol. The Labute approximate surface area is 368 Å². The van der Waals surface area contributed by atoms with Crippen LogP contribution in [0.15, 0.2) is 0 Å². The van der Waals surface area contributed by atoms with Gasteiger partial charge < -0.3 is 14.2 Å². The van der Waals surface area contributed by atoms with Crippen LogP contribution in [0.25, 0.3) is 0 Å². The number of ether oxygens (including phenoxy) is 3. The first-order chi connectivity index (χ1) is 29.0. The summed E-state index contributed by atoms with van der Waals surface area (Å²) in [6.07, 6.45) is 52.3. The lowest BCUT2D eigenvalue weighted by Gasteiger charge is -2.18. The standard InChI is InChI=1S/C53H102O6/c1-4-7-10-13-16-19-22-24-25-26-27-28-29-30-32-34-37-40-43-46-52(55)58-49-50(48-57-51(54)45-42-39-36-33-21-18-15-12-9-6-3)59-53(56)47-44-41-38-35-31-23-20-17-14-11-8-5-2/h50H,4-49H2,1-3H3. The highest BCUT2D eigenvalue weighted by molar-refractivity contribution is 5.71. The predicted octanol–water partition coefficient (Wildman–Crippen LogP) is 17.2. The summed E-state index contributed by atoms with van der Waals surface area (Å²) in [6, 6.07) is 0. The van der Waals surface area contributed by atoms with E-state index in [1.165, 1.54) is 205 Å². The summed E-state index contributed by atoms with van der Waals surface area (Å²) >= 11 is 0. The minimum atomic E-state index is -0.759. The van der Waals surface area contributed by atoms with Gasteiger partial charge in [-0.15, -0.1) is 0 Å². The fourth-order valence-corrected chi connectivity index (χ4v) is 8.09. The Morgan fingerprint density at radius 1 is 0.271 bits per heavy atom.